The van der Waals surface area contributed by atoms with Gasteiger partial charge in [-0.3, -0.25) is 4.79 Å². The van der Waals surface area contributed by atoms with Gasteiger partial charge < -0.3 is 5.32 Å². The van der Waals surface area contributed by atoms with Gasteiger partial charge in [-0.1, -0.05) is 23.7 Å². The number of hydrogen-bond donors (Lipinski definition) is 1. The number of carbonyl (C=O) groups excluding carboxylic acids is 1. The summed E-state index contributed by atoms with van der Waals surface area (Å²) in [5.74, 6) is 0.0283. The topological polar surface area (TPSA) is 29.1 Å². The molecule has 0 aliphatic heterocycles. The highest BCUT2D eigenvalue weighted by atomic mass is 35.5. The molecule has 2 nitrogen and oxygen atoms in total. The second-order valence-electron chi connectivity index (χ2n) is 4.96. The summed E-state index contributed by atoms with van der Waals surface area (Å²) in [5, 5.41) is 3.75. The number of ketones is 1. The molecule has 1 aromatic carbocycles. The lowest BCUT2D eigenvalue weighted by Gasteiger charge is -2.25. The first-order chi connectivity index (χ1) is 7.31. The molecule has 0 heterocycles. The maximum Gasteiger partial charge on any atom is 0.180 e. The highest BCUT2D eigenvalue weighted by Crippen LogP contribution is 2.17. The number of hydrogen-bond acceptors (Lipinski definition) is 2. The van der Waals surface area contributed by atoms with Crippen LogP contribution in [0.3, 0.4) is 0 Å². The van der Waals surface area contributed by atoms with Crippen molar-refractivity contribution in [2.75, 3.05) is 0 Å². The Kier molecular flexibility index (Phi) is 4.11. The third-order valence-corrected chi connectivity index (χ3v) is 2.51. The number of halogens is 1. The maximum absolute atomic E-state index is 12.1. The molecule has 88 valence electrons. The van der Waals surface area contributed by atoms with Gasteiger partial charge in [-0.05, 0) is 39.8 Å². The highest BCUT2D eigenvalue weighted by molar-refractivity contribution is 6.34. The van der Waals surface area contributed by atoms with Crippen molar-refractivity contribution in [2.24, 2.45) is 0 Å². The van der Waals surface area contributed by atoms with Gasteiger partial charge in [0.25, 0.3) is 0 Å². The van der Waals surface area contributed by atoms with Gasteiger partial charge in [-0.15, -0.1) is 0 Å². The van der Waals surface area contributed by atoms with E-state index in [1.165, 1.54) is 0 Å². The SMILES string of the molecule is CC(NC(C)(C)C)C(=O)c1ccccc1Cl. The number of Topliss-reactive ketones (excluding diaryl/α,β-unsaturated/α-hetero) is 1. The first-order valence-corrected chi connectivity index (χ1v) is 5.75. The first kappa shape index (κ1) is 13.2. The zero-order valence-corrected chi connectivity index (χ0v) is 10.9. The predicted octanol–water partition coefficient (Wildman–Crippen LogP) is 3.30. The first-order valence-electron chi connectivity index (χ1n) is 5.38. The molecule has 0 radical (unpaired) electrons. The van der Waals surface area contributed by atoms with Gasteiger partial charge in [0.1, 0.15) is 0 Å². The van der Waals surface area contributed by atoms with Crippen molar-refractivity contribution in [2.45, 2.75) is 39.3 Å². The molecule has 1 rings (SSSR count). The highest BCUT2D eigenvalue weighted by Gasteiger charge is 2.21. The van der Waals surface area contributed by atoms with Gasteiger partial charge in [0, 0.05) is 11.1 Å². The zero-order chi connectivity index (χ0) is 12.3. The van der Waals surface area contributed by atoms with E-state index in [2.05, 4.69) is 5.32 Å². The summed E-state index contributed by atoms with van der Waals surface area (Å²) in [7, 11) is 0. The van der Waals surface area contributed by atoms with Crippen LogP contribution in [0.25, 0.3) is 0 Å². The van der Waals surface area contributed by atoms with Gasteiger partial charge in [0.15, 0.2) is 5.78 Å². The molecule has 0 bridgehead atoms. The van der Waals surface area contributed by atoms with Crippen molar-refractivity contribution in [3.8, 4) is 0 Å². The van der Waals surface area contributed by atoms with Crippen LogP contribution in [0, 0.1) is 0 Å². The van der Waals surface area contributed by atoms with Gasteiger partial charge in [-0.25, -0.2) is 0 Å². The lowest BCUT2D eigenvalue weighted by molar-refractivity contribution is 0.0936. The molecule has 1 atom stereocenters. The largest absolute Gasteiger partial charge is 0.303 e. The van der Waals surface area contributed by atoms with Crippen LogP contribution in [-0.4, -0.2) is 17.4 Å². The Morgan fingerprint density at radius 1 is 1.31 bits per heavy atom. The minimum absolute atomic E-state index is 0.0283. The van der Waals surface area contributed by atoms with E-state index in [0.29, 0.717) is 10.6 Å². The van der Waals surface area contributed by atoms with Crippen LogP contribution in [0.5, 0.6) is 0 Å². The van der Waals surface area contributed by atoms with E-state index in [9.17, 15) is 4.79 Å². The van der Waals surface area contributed by atoms with Crippen molar-refractivity contribution < 1.29 is 4.79 Å². The minimum Gasteiger partial charge on any atom is -0.303 e. The summed E-state index contributed by atoms with van der Waals surface area (Å²) >= 11 is 5.99. The van der Waals surface area contributed by atoms with Gasteiger partial charge in [0.2, 0.25) is 0 Å². The van der Waals surface area contributed by atoms with Crippen LogP contribution in [0.15, 0.2) is 24.3 Å². The molecule has 3 heteroatoms. The second-order valence-corrected chi connectivity index (χ2v) is 5.37. The van der Waals surface area contributed by atoms with Crippen LogP contribution in [0.4, 0.5) is 0 Å². The number of carbonyl (C=O) groups is 1. The summed E-state index contributed by atoms with van der Waals surface area (Å²) in [5.41, 5.74) is 0.490. The van der Waals surface area contributed by atoms with E-state index in [1.54, 1.807) is 12.1 Å². The molecule has 0 aromatic heterocycles. The number of nitrogens with one attached hydrogen (secondary N) is 1. The zero-order valence-electron chi connectivity index (χ0n) is 10.2. The minimum atomic E-state index is -0.236. The molecule has 1 unspecified atom stereocenters. The average molecular weight is 240 g/mol. The smallest absolute Gasteiger partial charge is 0.180 e. The van der Waals surface area contributed by atoms with E-state index >= 15 is 0 Å². The van der Waals surface area contributed by atoms with Crippen LogP contribution in [-0.2, 0) is 0 Å². The number of rotatable bonds is 3. The quantitative estimate of drug-likeness (QED) is 0.820. The Bertz CT molecular complexity index is 382. The van der Waals surface area contributed by atoms with Gasteiger partial charge in [0.05, 0.1) is 11.1 Å². The molecule has 0 fully saturated rings. The Morgan fingerprint density at radius 3 is 2.38 bits per heavy atom. The summed E-state index contributed by atoms with van der Waals surface area (Å²) in [6.45, 7) is 7.95. The van der Waals surface area contributed by atoms with Crippen LogP contribution < -0.4 is 5.32 Å². The Morgan fingerprint density at radius 2 is 1.88 bits per heavy atom. The van der Waals surface area contributed by atoms with E-state index in [0.717, 1.165) is 0 Å². The van der Waals surface area contributed by atoms with E-state index in [4.69, 9.17) is 11.6 Å². The normalized spacial score (nSPS) is 13.6. The average Bonchev–Trinajstić information content (AvgIpc) is 2.15. The Hall–Kier alpha value is -0.860. The van der Waals surface area contributed by atoms with Gasteiger partial charge in [-0.2, -0.15) is 0 Å². The molecule has 0 spiro atoms. The number of benzene rings is 1. The molecular formula is C13H18ClNO. The lowest BCUT2D eigenvalue weighted by Crippen LogP contribution is -2.46. The molecule has 1 N–H and O–H groups in total. The van der Waals surface area contributed by atoms with Crippen LogP contribution in [0.2, 0.25) is 5.02 Å². The van der Waals surface area contributed by atoms with Crippen LogP contribution >= 0.6 is 11.6 Å². The summed E-state index contributed by atoms with van der Waals surface area (Å²) in [4.78, 5) is 12.1. The monoisotopic (exact) mass is 239 g/mol. The maximum atomic E-state index is 12.1. The van der Waals surface area contributed by atoms with E-state index < -0.39 is 0 Å². The summed E-state index contributed by atoms with van der Waals surface area (Å²) in [6.07, 6.45) is 0. The third kappa shape index (κ3) is 3.62. The van der Waals surface area contributed by atoms with Crippen molar-refractivity contribution >= 4 is 17.4 Å². The molecular weight excluding hydrogens is 222 g/mol. The van der Waals surface area contributed by atoms with Crippen molar-refractivity contribution in [1.82, 2.24) is 5.32 Å². The van der Waals surface area contributed by atoms with Crippen LogP contribution in [0.1, 0.15) is 38.1 Å². The molecule has 0 aliphatic carbocycles. The predicted molar refractivity (Wildman–Crippen MR) is 68.1 cm³/mol. The van der Waals surface area contributed by atoms with E-state index in [-0.39, 0.29) is 17.4 Å². The fraction of sp³-hybridized carbons (Fsp3) is 0.462. The molecule has 0 saturated carbocycles. The van der Waals surface area contributed by atoms with Crippen molar-refractivity contribution in [3.05, 3.63) is 34.9 Å². The standard InChI is InChI=1S/C13H18ClNO/c1-9(15-13(2,3)4)12(16)10-7-5-6-8-11(10)14/h5-9,15H,1-4H3. The Labute approximate surface area is 102 Å². The molecule has 0 aliphatic rings. The molecule has 16 heavy (non-hydrogen) atoms. The molecule has 0 amide bonds. The van der Waals surface area contributed by atoms with Crippen molar-refractivity contribution in [3.63, 3.8) is 0 Å². The summed E-state index contributed by atoms with van der Waals surface area (Å²) < 4.78 is 0. The van der Waals surface area contributed by atoms with E-state index in [1.807, 2.05) is 39.8 Å². The molecule has 1 aromatic rings. The second kappa shape index (κ2) is 4.98. The fourth-order valence-electron chi connectivity index (χ4n) is 1.61. The van der Waals surface area contributed by atoms with Crippen molar-refractivity contribution in [1.29, 1.82) is 0 Å². The lowest BCUT2D eigenvalue weighted by atomic mass is 10.0. The summed E-state index contributed by atoms with van der Waals surface area (Å²) in [6, 6.07) is 6.90. The van der Waals surface area contributed by atoms with Gasteiger partial charge >= 0.3 is 0 Å². The molecule has 0 saturated heterocycles. The Balaban J connectivity index is 2.83. The fourth-order valence-corrected chi connectivity index (χ4v) is 1.84. The third-order valence-electron chi connectivity index (χ3n) is 2.18.